The number of ether oxygens (including phenoxy) is 1. The van der Waals surface area contributed by atoms with E-state index in [-0.39, 0.29) is 28.8 Å². The lowest BCUT2D eigenvalue weighted by molar-refractivity contribution is -0.141. The van der Waals surface area contributed by atoms with E-state index in [1.165, 1.54) is 36.1 Å². The second kappa shape index (κ2) is 10.1. The molecule has 2 heterocycles. The van der Waals surface area contributed by atoms with Gasteiger partial charge < -0.3 is 9.64 Å². The zero-order valence-corrected chi connectivity index (χ0v) is 19.6. The number of aryl methyl sites for hydroxylation is 1. The maximum absolute atomic E-state index is 13.0. The summed E-state index contributed by atoms with van der Waals surface area (Å²) in [5.74, 6) is -1.05. The van der Waals surface area contributed by atoms with Crippen LogP contribution in [0.3, 0.4) is 0 Å². The van der Waals surface area contributed by atoms with Crippen LogP contribution < -0.4 is 14.4 Å². The van der Waals surface area contributed by atoms with Gasteiger partial charge in [0, 0.05) is 4.88 Å². The van der Waals surface area contributed by atoms with Crippen LogP contribution in [-0.2, 0) is 22.7 Å². The van der Waals surface area contributed by atoms with Crippen molar-refractivity contribution < 1.29 is 39.9 Å². The minimum atomic E-state index is -4.65. The monoisotopic (exact) mass is 536 g/mol. The second-order valence-corrected chi connectivity index (χ2v) is 10.0. The number of benzene rings is 1. The molecule has 0 saturated carbocycles. The van der Waals surface area contributed by atoms with Crippen molar-refractivity contribution in [1.29, 1.82) is 0 Å². The molecule has 0 aliphatic carbocycles. The molecule has 188 valence electrons. The Morgan fingerprint density at radius 3 is 2.34 bits per heavy atom. The van der Waals surface area contributed by atoms with Gasteiger partial charge in [0.2, 0.25) is 10.0 Å². The van der Waals surface area contributed by atoms with Crippen LogP contribution in [0.25, 0.3) is 0 Å². The summed E-state index contributed by atoms with van der Waals surface area (Å²) in [6.07, 6.45) is -2.88. The molecule has 8 nitrogen and oxygen atoms in total. The van der Waals surface area contributed by atoms with E-state index in [1.807, 2.05) is 4.72 Å². The highest BCUT2D eigenvalue weighted by Crippen LogP contribution is 2.35. The average molecular weight is 537 g/mol. The molecular weight excluding hydrogens is 519 g/mol. The number of hydrogen-bond acceptors (Lipinski definition) is 8. The molecule has 15 heteroatoms. The number of carbonyl (C=O) groups excluding carboxylic acids is 1. The first-order valence-corrected chi connectivity index (χ1v) is 12.3. The van der Waals surface area contributed by atoms with Crippen molar-refractivity contribution in [2.45, 2.75) is 26.3 Å². The number of sulfonamides is 1. The molecule has 3 aromatic rings. The van der Waals surface area contributed by atoms with Gasteiger partial charge in [0.15, 0.2) is 5.13 Å². The van der Waals surface area contributed by atoms with E-state index in [1.54, 1.807) is 0 Å². The molecule has 0 bridgehead atoms. The smallest absolute Gasteiger partial charge is 0.433 e. The predicted molar refractivity (Wildman–Crippen MR) is 117 cm³/mol. The summed E-state index contributed by atoms with van der Waals surface area (Å²) in [7, 11) is -3.86. The zero-order chi connectivity index (χ0) is 26.0. The summed E-state index contributed by atoms with van der Waals surface area (Å²) in [5, 5.41) is 0.163. The first-order valence-electron chi connectivity index (χ1n) is 9.57. The number of halogens is 5. The lowest BCUT2D eigenvalue weighted by atomic mass is 10.2. The predicted octanol–water partition coefficient (Wildman–Crippen LogP) is 4.49. The number of amides is 1. The van der Waals surface area contributed by atoms with E-state index in [0.29, 0.717) is 10.4 Å². The van der Waals surface area contributed by atoms with Crippen LogP contribution in [0.5, 0.6) is 5.75 Å². The van der Waals surface area contributed by atoms with Gasteiger partial charge >= 0.3 is 12.8 Å². The van der Waals surface area contributed by atoms with Crippen molar-refractivity contribution in [2.24, 2.45) is 0 Å². The molecule has 0 aliphatic heterocycles. The van der Waals surface area contributed by atoms with Crippen molar-refractivity contribution in [3.8, 4) is 5.75 Å². The third kappa shape index (κ3) is 7.08. The Balaban J connectivity index is 1.99. The van der Waals surface area contributed by atoms with Gasteiger partial charge in [-0.15, -0.1) is 11.3 Å². The Morgan fingerprint density at radius 1 is 1.17 bits per heavy atom. The van der Waals surface area contributed by atoms with Gasteiger partial charge in [-0.2, -0.15) is 22.0 Å². The number of nitrogens with one attached hydrogen (secondary N) is 1. The van der Waals surface area contributed by atoms with Gasteiger partial charge in [-0.3, -0.25) is 4.79 Å². The quantitative estimate of drug-likeness (QED) is 0.423. The summed E-state index contributed by atoms with van der Waals surface area (Å²) >= 11 is 0.997. The topological polar surface area (TPSA) is 101 Å². The van der Waals surface area contributed by atoms with Gasteiger partial charge in [-0.05, 0) is 36.8 Å². The van der Waals surface area contributed by atoms with Gasteiger partial charge in [-0.25, -0.2) is 23.1 Å². The Bertz CT molecular complexity index is 1290. The number of aromatic nitrogens is 2. The van der Waals surface area contributed by atoms with Gasteiger partial charge in [0.05, 0.1) is 24.7 Å². The number of anilines is 2. The lowest BCUT2D eigenvalue weighted by Crippen LogP contribution is -2.30. The van der Waals surface area contributed by atoms with Crippen LogP contribution in [0.4, 0.5) is 32.8 Å². The summed E-state index contributed by atoms with van der Waals surface area (Å²) in [5.41, 5.74) is -0.560. The van der Waals surface area contributed by atoms with Crippen LogP contribution in [0.1, 0.15) is 26.6 Å². The van der Waals surface area contributed by atoms with Crippen molar-refractivity contribution in [3.63, 3.8) is 0 Å². The van der Waals surface area contributed by atoms with Crippen LogP contribution in [-0.4, -0.2) is 37.2 Å². The maximum Gasteiger partial charge on any atom is 0.433 e. The fourth-order valence-corrected chi connectivity index (χ4v) is 4.23. The van der Waals surface area contributed by atoms with Gasteiger partial charge in [-0.1, -0.05) is 12.1 Å². The molecule has 2 aromatic heterocycles. The van der Waals surface area contributed by atoms with Crippen molar-refractivity contribution in [3.05, 3.63) is 64.4 Å². The minimum absolute atomic E-state index is 0.00208. The fourth-order valence-electron chi connectivity index (χ4n) is 2.87. The molecule has 0 radical (unpaired) electrons. The number of nitrogens with zero attached hydrogens (tertiary/aromatic N) is 3. The number of pyridine rings is 1. The van der Waals surface area contributed by atoms with Crippen LogP contribution in [0.15, 0.2) is 42.6 Å². The molecule has 1 amide bonds. The molecule has 0 aliphatic rings. The fraction of sp³-hybridized carbons (Fsp3) is 0.250. The molecule has 0 atom stereocenters. The van der Waals surface area contributed by atoms with E-state index in [0.717, 1.165) is 35.9 Å². The van der Waals surface area contributed by atoms with E-state index >= 15 is 0 Å². The first-order chi connectivity index (χ1) is 16.2. The zero-order valence-electron chi connectivity index (χ0n) is 18.0. The molecule has 0 spiro atoms. The number of thiazole rings is 1. The van der Waals surface area contributed by atoms with Crippen LogP contribution >= 0.6 is 11.3 Å². The maximum atomic E-state index is 13.0. The third-order valence-electron chi connectivity index (χ3n) is 4.35. The summed E-state index contributed by atoms with van der Waals surface area (Å²) < 4.78 is 92.6. The lowest BCUT2D eigenvalue weighted by Gasteiger charge is -2.22. The standard InChI is InChI=1S/C20H17F5N4O4S2/c1-11-16(17(30)28-35(2,31)32)27-19(34-11)29(13-5-8-15(26-9-13)20(23,24)25)10-12-3-6-14(7-4-12)33-18(21)22/h3-9,18H,10H2,1-2H3,(H,28,30). The number of rotatable bonds is 8. The molecular formula is C20H17F5N4O4S2. The van der Waals surface area contributed by atoms with Gasteiger partial charge in [0.25, 0.3) is 5.91 Å². The number of carbonyl (C=O) groups is 1. The first kappa shape index (κ1) is 26.3. The van der Waals surface area contributed by atoms with Crippen molar-refractivity contribution in [1.82, 2.24) is 14.7 Å². The second-order valence-electron chi connectivity index (χ2n) is 7.11. The van der Waals surface area contributed by atoms with Crippen molar-refractivity contribution >= 4 is 38.1 Å². The molecule has 35 heavy (non-hydrogen) atoms. The van der Waals surface area contributed by atoms with E-state index in [9.17, 15) is 35.2 Å². The Labute approximate surface area is 200 Å². The van der Waals surface area contributed by atoms with E-state index in [4.69, 9.17) is 0 Å². The molecule has 0 unspecified atom stereocenters. The number of alkyl halides is 5. The normalized spacial score (nSPS) is 12.0. The van der Waals surface area contributed by atoms with Crippen LogP contribution in [0, 0.1) is 6.92 Å². The van der Waals surface area contributed by atoms with Crippen LogP contribution in [0.2, 0.25) is 0 Å². The summed E-state index contributed by atoms with van der Waals surface area (Å²) in [4.78, 5) is 21.8. The third-order valence-corrected chi connectivity index (χ3v) is 5.90. The Hall–Kier alpha value is -3.33. The van der Waals surface area contributed by atoms with Gasteiger partial charge in [0.1, 0.15) is 17.1 Å². The molecule has 0 fully saturated rings. The molecule has 1 aromatic carbocycles. The largest absolute Gasteiger partial charge is 0.435 e. The molecule has 0 saturated heterocycles. The summed E-state index contributed by atoms with van der Waals surface area (Å²) in [6.45, 7) is -1.48. The molecule has 3 rings (SSSR count). The van der Waals surface area contributed by atoms with Crippen molar-refractivity contribution in [2.75, 3.05) is 11.2 Å². The van der Waals surface area contributed by atoms with E-state index < -0.39 is 34.4 Å². The number of hydrogen-bond donors (Lipinski definition) is 1. The average Bonchev–Trinajstić information content (AvgIpc) is 3.12. The summed E-state index contributed by atoms with van der Waals surface area (Å²) in [6, 6.07) is 7.47. The molecule has 1 N–H and O–H groups in total. The highest BCUT2D eigenvalue weighted by Gasteiger charge is 2.32. The SMILES string of the molecule is Cc1sc(N(Cc2ccc(OC(F)F)cc2)c2ccc(C(F)(F)F)nc2)nc1C(=O)NS(C)(=O)=O. The Morgan fingerprint density at radius 2 is 1.83 bits per heavy atom. The highest BCUT2D eigenvalue weighted by molar-refractivity contribution is 7.89. The Kier molecular flexibility index (Phi) is 7.59. The highest BCUT2D eigenvalue weighted by atomic mass is 32.2. The minimum Gasteiger partial charge on any atom is -0.435 e. The van der Waals surface area contributed by atoms with E-state index in [2.05, 4.69) is 14.7 Å².